The third-order valence-electron chi connectivity index (χ3n) is 3.47. The summed E-state index contributed by atoms with van der Waals surface area (Å²) in [5, 5.41) is 8.96. The molecule has 0 unspecified atom stereocenters. The van der Waals surface area contributed by atoms with Gasteiger partial charge in [0.05, 0.1) is 25.9 Å². The molecule has 1 heterocycles. The Labute approximate surface area is 165 Å². The average molecular weight is 456 g/mol. The van der Waals surface area contributed by atoms with Gasteiger partial charge in [0.25, 0.3) is 0 Å². The summed E-state index contributed by atoms with van der Waals surface area (Å²) in [4.78, 5) is 16.4. The van der Waals surface area contributed by atoms with E-state index >= 15 is 0 Å². The predicted molar refractivity (Wildman–Crippen MR) is 110 cm³/mol. The normalized spacial score (nSPS) is 10.7. The number of nitrogens with one attached hydrogen (secondary N) is 3. The maximum absolute atomic E-state index is 11.9. The van der Waals surface area contributed by atoms with E-state index < -0.39 is 0 Å². The van der Waals surface area contributed by atoms with Crippen molar-refractivity contribution in [3.05, 3.63) is 59.5 Å². The SMILES string of the molecule is CCNC(=NCc1ccccc1C)NCC(=O)NCc1ccco1.I. The van der Waals surface area contributed by atoms with Crippen LogP contribution < -0.4 is 16.0 Å². The maximum Gasteiger partial charge on any atom is 0.239 e. The fourth-order valence-electron chi connectivity index (χ4n) is 2.12. The minimum atomic E-state index is -0.118. The highest BCUT2D eigenvalue weighted by Gasteiger charge is 2.05. The van der Waals surface area contributed by atoms with E-state index in [1.807, 2.05) is 25.1 Å². The lowest BCUT2D eigenvalue weighted by Gasteiger charge is -2.11. The van der Waals surface area contributed by atoms with Gasteiger partial charge in [-0.1, -0.05) is 24.3 Å². The van der Waals surface area contributed by atoms with Gasteiger partial charge < -0.3 is 20.4 Å². The Morgan fingerprint density at radius 3 is 2.60 bits per heavy atom. The van der Waals surface area contributed by atoms with Crippen molar-refractivity contribution in [3.8, 4) is 0 Å². The van der Waals surface area contributed by atoms with Crippen molar-refractivity contribution in [1.82, 2.24) is 16.0 Å². The zero-order valence-electron chi connectivity index (χ0n) is 14.5. The van der Waals surface area contributed by atoms with E-state index in [1.54, 1.807) is 12.3 Å². The van der Waals surface area contributed by atoms with Crippen LogP contribution in [0.3, 0.4) is 0 Å². The largest absolute Gasteiger partial charge is 0.467 e. The van der Waals surface area contributed by atoms with Crippen molar-refractivity contribution in [2.45, 2.75) is 26.9 Å². The highest BCUT2D eigenvalue weighted by atomic mass is 127. The molecule has 1 aromatic carbocycles. The van der Waals surface area contributed by atoms with E-state index in [0.717, 1.165) is 17.9 Å². The van der Waals surface area contributed by atoms with Gasteiger partial charge in [-0.3, -0.25) is 4.79 Å². The van der Waals surface area contributed by atoms with Crippen LogP contribution in [0.1, 0.15) is 23.8 Å². The first kappa shape index (κ1) is 21.0. The molecule has 1 amide bonds. The molecule has 0 bridgehead atoms. The zero-order valence-corrected chi connectivity index (χ0v) is 16.9. The van der Waals surface area contributed by atoms with E-state index in [0.29, 0.717) is 19.0 Å². The first-order valence-corrected chi connectivity index (χ1v) is 8.04. The van der Waals surface area contributed by atoms with E-state index in [1.165, 1.54) is 5.56 Å². The third-order valence-corrected chi connectivity index (χ3v) is 3.47. The molecule has 1 aromatic heterocycles. The molecular formula is C18H25IN4O2. The Kier molecular flexibility index (Phi) is 9.68. The van der Waals surface area contributed by atoms with Crippen LogP contribution in [0, 0.1) is 6.92 Å². The van der Waals surface area contributed by atoms with Crippen molar-refractivity contribution < 1.29 is 9.21 Å². The second kappa shape index (κ2) is 11.5. The molecule has 7 heteroatoms. The summed E-state index contributed by atoms with van der Waals surface area (Å²) in [5.74, 6) is 1.23. The second-order valence-electron chi connectivity index (χ2n) is 5.33. The molecule has 0 saturated carbocycles. The molecule has 25 heavy (non-hydrogen) atoms. The summed E-state index contributed by atoms with van der Waals surface area (Å²) in [6.45, 7) is 5.88. The number of aryl methyl sites for hydroxylation is 1. The minimum absolute atomic E-state index is 0. The first-order chi connectivity index (χ1) is 11.7. The fourth-order valence-corrected chi connectivity index (χ4v) is 2.12. The Balaban J connectivity index is 0.00000312. The molecule has 136 valence electrons. The number of rotatable bonds is 7. The van der Waals surface area contributed by atoms with E-state index in [2.05, 4.69) is 40.0 Å². The van der Waals surface area contributed by atoms with Crippen LogP contribution in [-0.4, -0.2) is 25.0 Å². The standard InChI is InChI=1S/C18H24N4O2.HI/c1-3-19-18(21-11-15-8-5-4-7-14(15)2)22-13-17(23)20-12-16-9-6-10-24-16;/h4-10H,3,11-13H2,1-2H3,(H,20,23)(H2,19,21,22);1H. The molecular weight excluding hydrogens is 431 g/mol. The molecule has 0 spiro atoms. The number of nitrogens with zero attached hydrogens (tertiary/aromatic N) is 1. The minimum Gasteiger partial charge on any atom is -0.467 e. The van der Waals surface area contributed by atoms with Crippen molar-refractivity contribution in [2.75, 3.05) is 13.1 Å². The maximum atomic E-state index is 11.9. The summed E-state index contributed by atoms with van der Waals surface area (Å²) >= 11 is 0. The van der Waals surface area contributed by atoms with Crippen molar-refractivity contribution in [3.63, 3.8) is 0 Å². The smallest absolute Gasteiger partial charge is 0.239 e. The molecule has 0 fully saturated rings. The van der Waals surface area contributed by atoms with Gasteiger partial charge in [0.2, 0.25) is 5.91 Å². The molecule has 0 aliphatic carbocycles. The molecule has 0 aliphatic rings. The molecule has 0 saturated heterocycles. The van der Waals surface area contributed by atoms with E-state index in [9.17, 15) is 4.79 Å². The topological polar surface area (TPSA) is 78.7 Å². The van der Waals surface area contributed by atoms with Crippen LogP contribution in [0.15, 0.2) is 52.1 Å². The molecule has 0 radical (unpaired) electrons. The number of hydrogen-bond acceptors (Lipinski definition) is 3. The number of halogens is 1. The highest BCUT2D eigenvalue weighted by Crippen LogP contribution is 2.07. The molecule has 0 aliphatic heterocycles. The summed E-state index contributed by atoms with van der Waals surface area (Å²) < 4.78 is 5.18. The van der Waals surface area contributed by atoms with Crippen LogP contribution in [0.5, 0.6) is 0 Å². The lowest BCUT2D eigenvalue weighted by atomic mass is 10.1. The number of amides is 1. The number of carbonyl (C=O) groups excluding carboxylic acids is 1. The monoisotopic (exact) mass is 456 g/mol. The Bertz CT molecular complexity index is 671. The first-order valence-electron chi connectivity index (χ1n) is 8.04. The van der Waals surface area contributed by atoms with Crippen molar-refractivity contribution in [1.29, 1.82) is 0 Å². The van der Waals surface area contributed by atoms with Crippen LogP contribution in [-0.2, 0) is 17.9 Å². The Hall–Kier alpha value is -2.03. The molecule has 3 N–H and O–H groups in total. The third kappa shape index (κ3) is 7.59. The number of furan rings is 1. The van der Waals surface area contributed by atoms with Gasteiger partial charge in [-0.2, -0.15) is 0 Å². The van der Waals surface area contributed by atoms with E-state index in [4.69, 9.17) is 4.42 Å². The summed E-state index contributed by atoms with van der Waals surface area (Å²) in [6.07, 6.45) is 1.58. The molecule has 2 aromatic rings. The Morgan fingerprint density at radius 2 is 1.92 bits per heavy atom. The number of hydrogen-bond donors (Lipinski definition) is 3. The number of benzene rings is 1. The summed E-state index contributed by atoms with van der Waals surface area (Å²) in [6, 6.07) is 11.7. The highest BCUT2D eigenvalue weighted by molar-refractivity contribution is 14.0. The molecule has 6 nitrogen and oxygen atoms in total. The fraction of sp³-hybridized carbons (Fsp3) is 0.333. The summed E-state index contributed by atoms with van der Waals surface area (Å²) in [5.41, 5.74) is 2.37. The van der Waals surface area contributed by atoms with Gasteiger partial charge in [0.1, 0.15) is 5.76 Å². The van der Waals surface area contributed by atoms with Gasteiger partial charge >= 0.3 is 0 Å². The van der Waals surface area contributed by atoms with Crippen molar-refractivity contribution >= 4 is 35.8 Å². The molecule has 0 atom stereocenters. The number of aliphatic imine (C=N–C) groups is 1. The second-order valence-corrected chi connectivity index (χ2v) is 5.33. The predicted octanol–water partition coefficient (Wildman–Crippen LogP) is 2.58. The van der Waals surface area contributed by atoms with Gasteiger partial charge in [-0.05, 0) is 37.1 Å². The van der Waals surface area contributed by atoms with Crippen molar-refractivity contribution in [2.24, 2.45) is 4.99 Å². The summed E-state index contributed by atoms with van der Waals surface area (Å²) in [7, 11) is 0. The molecule has 2 rings (SSSR count). The van der Waals surface area contributed by atoms with Gasteiger partial charge in [-0.15, -0.1) is 24.0 Å². The van der Waals surface area contributed by atoms with Gasteiger partial charge in [-0.25, -0.2) is 4.99 Å². The van der Waals surface area contributed by atoms with E-state index in [-0.39, 0.29) is 36.4 Å². The number of carbonyl (C=O) groups is 1. The Morgan fingerprint density at radius 1 is 1.12 bits per heavy atom. The number of guanidine groups is 1. The lowest BCUT2D eigenvalue weighted by Crippen LogP contribution is -2.43. The van der Waals surface area contributed by atoms with Crippen LogP contribution in [0.4, 0.5) is 0 Å². The van der Waals surface area contributed by atoms with Crippen LogP contribution in [0.2, 0.25) is 0 Å². The van der Waals surface area contributed by atoms with Gasteiger partial charge in [0.15, 0.2) is 5.96 Å². The quantitative estimate of drug-likeness (QED) is 0.340. The van der Waals surface area contributed by atoms with Gasteiger partial charge in [0, 0.05) is 6.54 Å². The lowest BCUT2D eigenvalue weighted by molar-refractivity contribution is -0.120. The average Bonchev–Trinajstić information content (AvgIpc) is 3.10. The van der Waals surface area contributed by atoms with Crippen LogP contribution >= 0.6 is 24.0 Å². The zero-order chi connectivity index (χ0) is 17.2. The van der Waals surface area contributed by atoms with Crippen LogP contribution in [0.25, 0.3) is 0 Å².